The van der Waals surface area contributed by atoms with Crippen molar-refractivity contribution in [3.05, 3.63) is 64.8 Å². The molecule has 4 heteroatoms. The molecule has 1 aliphatic rings. The lowest BCUT2D eigenvalue weighted by Crippen LogP contribution is -2.36. The quantitative estimate of drug-likeness (QED) is 0.795. The largest absolute Gasteiger partial charge is 0.497 e. The van der Waals surface area contributed by atoms with Crippen LogP contribution in [-0.2, 0) is 24.2 Å². The number of benzene rings is 2. The summed E-state index contributed by atoms with van der Waals surface area (Å²) in [5.74, 6) is 1.06. The van der Waals surface area contributed by atoms with Gasteiger partial charge in [0.1, 0.15) is 5.75 Å². The molecule has 0 spiro atoms. The first kappa shape index (κ1) is 15.8. The summed E-state index contributed by atoms with van der Waals surface area (Å²) < 4.78 is 5.34. The number of aromatic nitrogens is 1. The molecule has 0 fully saturated rings. The van der Waals surface area contributed by atoms with Crippen LogP contribution in [0.4, 0.5) is 0 Å². The molecule has 25 heavy (non-hydrogen) atoms. The molecule has 0 bridgehead atoms. The van der Waals surface area contributed by atoms with Crippen molar-refractivity contribution in [3.63, 3.8) is 0 Å². The average Bonchev–Trinajstić information content (AvgIpc) is 3.00. The van der Waals surface area contributed by atoms with E-state index in [0.29, 0.717) is 13.0 Å². The van der Waals surface area contributed by atoms with Gasteiger partial charge in [-0.25, -0.2) is 0 Å². The van der Waals surface area contributed by atoms with Crippen molar-refractivity contribution >= 4 is 16.8 Å². The van der Waals surface area contributed by atoms with Gasteiger partial charge in [0.25, 0.3) is 0 Å². The van der Waals surface area contributed by atoms with Gasteiger partial charge in [-0.2, -0.15) is 0 Å². The minimum absolute atomic E-state index is 0.191. The zero-order valence-corrected chi connectivity index (χ0v) is 14.6. The Labute approximate surface area is 147 Å². The predicted octanol–water partition coefficient (Wildman–Crippen LogP) is 3.61. The smallest absolute Gasteiger partial charge is 0.227 e. The number of methoxy groups -OCH3 is 1. The van der Waals surface area contributed by atoms with Crippen molar-refractivity contribution in [2.45, 2.75) is 26.3 Å². The number of hydrogen-bond donors (Lipinski definition) is 1. The van der Waals surface area contributed by atoms with Crippen LogP contribution >= 0.6 is 0 Å². The van der Waals surface area contributed by atoms with E-state index in [0.717, 1.165) is 35.5 Å². The summed E-state index contributed by atoms with van der Waals surface area (Å²) in [6.07, 6.45) is 1.35. The third kappa shape index (κ3) is 2.88. The number of aromatic amines is 1. The van der Waals surface area contributed by atoms with E-state index < -0.39 is 0 Å². The van der Waals surface area contributed by atoms with Gasteiger partial charge >= 0.3 is 0 Å². The Morgan fingerprint density at radius 1 is 1.24 bits per heavy atom. The lowest BCUT2D eigenvalue weighted by Gasteiger charge is -2.27. The van der Waals surface area contributed by atoms with Crippen molar-refractivity contribution in [3.8, 4) is 5.75 Å². The minimum Gasteiger partial charge on any atom is -0.497 e. The highest BCUT2D eigenvalue weighted by Gasteiger charge is 2.24. The lowest BCUT2D eigenvalue weighted by molar-refractivity contribution is -0.131. The first-order valence-corrected chi connectivity index (χ1v) is 8.65. The van der Waals surface area contributed by atoms with Gasteiger partial charge in [0, 0.05) is 23.1 Å². The molecule has 0 atom stereocenters. The number of hydrogen-bond acceptors (Lipinski definition) is 2. The number of fused-ring (bicyclic) bond motifs is 3. The molecule has 2 heterocycles. The van der Waals surface area contributed by atoms with E-state index in [4.69, 9.17) is 4.74 Å². The molecule has 128 valence electrons. The van der Waals surface area contributed by atoms with Crippen LogP contribution in [0, 0.1) is 6.92 Å². The van der Waals surface area contributed by atoms with Crippen LogP contribution in [0.3, 0.4) is 0 Å². The molecular formula is C21H22N2O2. The molecule has 4 rings (SSSR count). The van der Waals surface area contributed by atoms with Crippen LogP contribution in [0.25, 0.3) is 10.9 Å². The van der Waals surface area contributed by atoms with Gasteiger partial charge in [-0.15, -0.1) is 0 Å². The van der Waals surface area contributed by atoms with Gasteiger partial charge in [-0.3, -0.25) is 4.79 Å². The van der Waals surface area contributed by atoms with E-state index in [1.807, 2.05) is 35.2 Å². The summed E-state index contributed by atoms with van der Waals surface area (Å²) in [4.78, 5) is 18.2. The predicted molar refractivity (Wildman–Crippen MR) is 98.9 cm³/mol. The summed E-state index contributed by atoms with van der Waals surface area (Å²) >= 11 is 0. The standard InChI is InChI=1S/C21H22N2O2/c1-14-5-3-4-6-15(14)11-21(24)23-10-9-17-18-12-16(25-2)7-8-19(18)22-20(17)13-23/h3-8,12,22H,9-11,13H2,1-2H3. The summed E-state index contributed by atoms with van der Waals surface area (Å²) in [6, 6.07) is 14.2. The highest BCUT2D eigenvalue weighted by molar-refractivity contribution is 5.87. The Hall–Kier alpha value is -2.75. The maximum atomic E-state index is 12.7. The van der Waals surface area contributed by atoms with Gasteiger partial charge in [0.05, 0.1) is 20.1 Å². The average molecular weight is 334 g/mol. The topological polar surface area (TPSA) is 45.3 Å². The highest BCUT2D eigenvalue weighted by Crippen LogP contribution is 2.30. The van der Waals surface area contributed by atoms with Gasteiger partial charge in [0.15, 0.2) is 0 Å². The summed E-state index contributed by atoms with van der Waals surface area (Å²) in [7, 11) is 1.69. The first-order chi connectivity index (χ1) is 12.2. The zero-order chi connectivity index (χ0) is 17.4. The fraction of sp³-hybridized carbons (Fsp3) is 0.286. The van der Waals surface area contributed by atoms with Gasteiger partial charge < -0.3 is 14.6 Å². The molecule has 0 unspecified atom stereocenters. The number of H-pyrrole nitrogens is 1. The number of nitrogens with zero attached hydrogens (tertiary/aromatic N) is 1. The van der Waals surface area contributed by atoms with Crippen molar-refractivity contribution in [2.75, 3.05) is 13.7 Å². The molecule has 0 aliphatic carbocycles. The van der Waals surface area contributed by atoms with Crippen molar-refractivity contribution in [1.29, 1.82) is 0 Å². The second-order valence-electron chi connectivity index (χ2n) is 6.66. The maximum absolute atomic E-state index is 12.7. The SMILES string of the molecule is COc1ccc2[nH]c3c(c2c1)CCN(C(=O)Cc1ccccc1C)C3. The molecule has 1 aromatic heterocycles. The van der Waals surface area contributed by atoms with Crippen molar-refractivity contribution < 1.29 is 9.53 Å². The van der Waals surface area contributed by atoms with Crippen molar-refractivity contribution in [2.24, 2.45) is 0 Å². The van der Waals surface area contributed by atoms with E-state index in [1.165, 1.54) is 16.5 Å². The molecule has 1 amide bonds. The van der Waals surface area contributed by atoms with Crippen LogP contribution in [0.15, 0.2) is 42.5 Å². The number of aryl methyl sites for hydroxylation is 1. The Balaban J connectivity index is 1.56. The number of ether oxygens (including phenoxy) is 1. The van der Waals surface area contributed by atoms with Crippen molar-refractivity contribution in [1.82, 2.24) is 9.88 Å². The van der Waals surface area contributed by atoms with Crippen LogP contribution < -0.4 is 4.74 Å². The Morgan fingerprint density at radius 2 is 2.08 bits per heavy atom. The second kappa shape index (κ2) is 6.28. The third-order valence-electron chi connectivity index (χ3n) is 5.14. The first-order valence-electron chi connectivity index (χ1n) is 8.65. The van der Waals surface area contributed by atoms with Gasteiger partial charge in [-0.1, -0.05) is 24.3 Å². The molecule has 0 saturated carbocycles. The van der Waals surface area contributed by atoms with E-state index in [-0.39, 0.29) is 5.91 Å². The van der Waals surface area contributed by atoms with Crippen LogP contribution in [0.1, 0.15) is 22.4 Å². The summed E-state index contributed by atoms with van der Waals surface area (Å²) in [5, 5.41) is 1.21. The molecule has 1 N–H and O–H groups in total. The lowest BCUT2D eigenvalue weighted by atomic mass is 10.0. The number of carbonyl (C=O) groups is 1. The molecule has 4 nitrogen and oxygen atoms in total. The monoisotopic (exact) mass is 334 g/mol. The molecule has 3 aromatic rings. The number of amides is 1. The number of rotatable bonds is 3. The molecular weight excluding hydrogens is 312 g/mol. The van der Waals surface area contributed by atoms with Crippen LogP contribution in [0.5, 0.6) is 5.75 Å². The highest BCUT2D eigenvalue weighted by atomic mass is 16.5. The molecule has 1 aliphatic heterocycles. The normalized spacial score (nSPS) is 13.8. The minimum atomic E-state index is 0.191. The number of nitrogens with one attached hydrogen (secondary N) is 1. The van der Waals surface area contributed by atoms with Crippen LogP contribution in [-0.4, -0.2) is 29.4 Å². The maximum Gasteiger partial charge on any atom is 0.227 e. The Morgan fingerprint density at radius 3 is 2.88 bits per heavy atom. The summed E-state index contributed by atoms with van der Waals surface area (Å²) in [6.45, 7) is 3.47. The molecule has 0 radical (unpaired) electrons. The van der Waals surface area contributed by atoms with Gasteiger partial charge in [0.2, 0.25) is 5.91 Å². The van der Waals surface area contributed by atoms with E-state index in [2.05, 4.69) is 24.0 Å². The zero-order valence-electron chi connectivity index (χ0n) is 14.6. The van der Waals surface area contributed by atoms with E-state index in [1.54, 1.807) is 7.11 Å². The fourth-order valence-corrected chi connectivity index (χ4v) is 3.64. The fourth-order valence-electron chi connectivity index (χ4n) is 3.64. The summed E-state index contributed by atoms with van der Waals surface area (Å²) in [5.41, 5.74) is 5.85. The van der Waals surface area contributed by atoms with Gasteiger partial charge in [-0.05, 0) is 48.2 Å². The number of carbonyl (C=O) groups excluding carboxylic acids is 1. The molecule has 2 aromatic carbocycles. The molecule has 0 saturated heterocycles. The van der Waals surface area contributed by atoms with E-state index in [9.17, 15) is 4.79 Å². The second-order valence-corrected chi connectivity index (χ2v) is 6.66. The Kier molecular flexibility index (Phi) is 3.96. The van der Waals surface area contributed by atoms with E-state index >= 15 is 0 Å². The third-order valence-corrected chi connectivity index (χ3v) is 5.14. The Bertz CT molecular complexity index is 942. The van der Waals surface area contributed by atoms with Crippen LogP contribution in [0.2, 0.25) is 0 Å².